The van der Waals surface area contributed by atoms with Crippen molar-refractivity contribution in [3.63, 3.8) is 0 Å². The molecule has 0 amide bonds. The van der Waals surface area contributed by atoms with E-state index in [1.165, 1.54) is 0 Å². The van der Waals surface area contributed by atoms with Crippen molar-refractivity contribution >= 4 is 51.3 Å². The third-order valence-corrected chi connectivity index (χ3v) is 7.38. The van der Waals surface area contributed by atoms with E-state index in [9.17, 15) is 0 Å². The Hall–Kier alpha value is 0.973. The second-order valence-corrected chi connectivity index (χ2v) is 13.4. The van der Waals surface area contributed by atoms with E-state index in [2.05, 4.69) is 0 Å². The Bertz CT molecular complexity index is 207. The van der Waals surface area contributed by atoms with Crippen LogP contribution in [0.15, 0.2) is 24.3 Å². The molecule has 0 unspecified atom stereocenters. The van der Waals surface area contributed by atoms with Crippen LogP contribution in [-0.2, 0) is 0 Å². The molecular formula is C6H4BiCl3. The molecule has 1 rings (SSSR count). The molecule has 0 atom stereocenters. The van der Waals surface area contributed by atoms with E-state index in [0.29, 0.717) is 0 Å². The number of rotatable bonds is 1. The summed E-state index contributed by atoms with van der Waals surface area (Å²) in [6.45, 7) is 0. The summed E-state index contributed by atoms with van der Waals surface area (Å²) in [5.41, 5.74) is 0. The summed E-state index contributed by atoms with van der Waals surface area (Å²) < 4.78 is 1.07. The summed E-state index contributed by atoms with van der Waals surface area (Å²) in [5.74, 6) is 0. The SMILES string of the molecule is Clc1cc[c]([Bi]([Cl])[Cl])cc1. The summed E-state index contributed by atoms with van der Waals surface area (Å²) in [5, 5.41) is 0.725. The van der Waals surface area contributed by atoms with E-state index in [0.717, 1.165) is 8.29 Å². The molecule has 0 saturated carbocycles. The van der Waals surface area contributed by atoms with Crippen molar-refractivity contribution in [3.05, 3.63) is 29.3 Å². The van der Waals surface area contributed by atoms with Gasteiger partial charge in [0.2, 0.25) is 0 Å². The normalized spacial score (nSPS) is 10.4. The van der Waals surface area contributed by atoms with Gasteiger partial charge >= 0.3 is 80.6 Å². The van der Waals surface area contributed by atoms with Crippen LogP contribution in [0.25, 0.3) is 0 Å². The van der Waals surface area contributed by atoms with Gasteiger partial charge in [-0.3, -0.25) is 0 Å². The van der Waals surface area contributed by atoms with E-state index in [1.807, 2.05) is 24.3 Å². The Morgan fingerprint density at radius 1 is 1.00 bits per heavy atom. The molecule has 0 nitrogen and oxygen atoms in total. The second kappa shape index (κ2) is 4.11. The first-order chi connectivity index (χ1) is 4.70. The Kier molecular flexibility index (Phi) is 3.73. The van der Waals surface area contributed by atoms with Gasteiger partial charge in [0, 0.05) is 0 Å². The zero-order chi connectivity index (χ0) is 7.56. The van der Waals surface area contributed by atoms with Crippen molar-refractivity contribution < 1.29 is 0 Å². The summed E-state index contributed by atoms with van der Waals surface area (Å²) in [7, 11) is 11.6. The topological polar surface area (TPSA) is 0 Å². The van der Waals surface area contributed by atoms with Crippen LogP contribution in [-0.4, -0.2) is 19.4 Å². The van der Waals surface area contributed by atoms with Gasteiger partial charge in [-0.1, -0.05) is 0 Å². The molecule has 0 bridgehead atoms. The molecule has 0 saturated heterocycles. The molecule has 0 heterocycles. The molecule has 0 radical (unpaired) electrons. The van der Waals surface area contributed by atoms with Gasteiger partial charge in [0.1, 0.15) is 0 Å². The Labute approximate surface area is 79.9 Å². The van der Waals surface area contributed by atoms with Crippen LogP contribution in [0, 0.1) is 0 Å². The maximum absolute atomic E-state index is 5.78. The van der Waals surface area contributed by atoms with Crippen molar-refractivity contribution in [2.24, 2.45) is 0 Å². The van der Waals surface area contributed by atoms with Gasteiger partial charge in [-0.15, -0.1) is 0 Å². The van der Waals surface area contributed by atoms with Crippen molar-refractivity contribution in [3.8, 4) is 0 Å². The van der Waals surface area contributed by atoms with Crippen molar-refractivity contribution in [1.82, 2.24) is 0 Å². The molecule has 54 valence electrons. The first-order valence-electron chi connectivity index (χ1n) is 2.57. The van der Waals surface area contributed by atoms with E-state index in [4.69, 9.17) is 28.6 Å². The minimum absolute atomic E-state index is 0.725. The van der Waals surface area contributed by atoms with E-state index < -0.39 is 19.4 Å². The summed E-state index contributed by atoms with van der Waals surface area (Å²) in [6, 6.07) is 7.40. The molecule has 0 aliphatic carbocycles. The van der Waals surface area contributed by atoms with Gasteiger partial charge in [0.25, 0.3) is 0 Å². The molecular weight excluding hydrogens is 387 g/mol. The third kappa shape index (κ3) is 2.54. The zero-order valence-electron chi connectivity index (χ0n) is 4.89. The standard InChI is InChI=1S/C6H4Cl.Bi.2ClH/c7-6-4-2-1-3-5-6;;;/h2-5H;;2*1H/q;+2;;/p-2. The zero-order valence-corrected chi connectivity index (χ0v) is 10.6. The number of hydrogen-bond acceptors (Lipinski definition) is 0. The summed E-state index contributed by atoms with van der Waals surface area (Å²) in [6.07, 6.45) is 0. The van der Waals surface area contributed by atoms with Crippen molar-refractivity contribution in [2.45, 2.75) is 0 Å². The van der Waals surface area contributed by atoms with E-state index in [-0.39, 0.29) is 0 Å². The van der Waals surface area contributed by atoms with Crippen LogP contribution in [0.3, 0.4) is 0 Å². The van der Waals surface area contributed by atoms with Gasteiger partial charge in [-0.25, -0.2) is 0 Å². The van der Waals surface area contributed by atoms with Crippen molar-refractivity contribution in [1.29, 1.82) is 0 Å². The summed E-state index contributed by atoms with van der Waals surface area (Å²) in [4.78, 5) is 0. The van der Waals surface area contributed by atoms with Crippen LogP contribution < -0.4 is 3.27 Å². The van der Waals surface area contributed by atoms with E-state index >= 15 is 0 Å². The molecule has 1 aromatic rings. The van der Waals surface area contributed by atoms with Crippen molar-refractivity contribution in [2.75, 3.05) is 0 Å². The van der Waals surface area contributed by atoms with Gasteiger partial charge < -0.3 is 0 Å². The molecule has 4 heteroatoms. The first-order valence-corrected chi connectivity index (χ1v) is 13.2. The van der Waals surface area contributed by atoms with Crippen LogP contribution in [0.4, 0.5) is 0 Å². The number of benzene rings is 1. The molecule has 0 fully saturated rings. The first kappa shape index (κ1) is 9.06. The van der Waals surface area contributed by atoms with Gasteiger partial charge in [0.05, 0.1) is 0 Å². The molecule has 0 aliphatic heterocycles. The van der Waals surface area contributed by atoms with Crippen LogP contribution in [0.2, 0.25) is 5.02 Å². The Balaban J connectivity index is 2.89. The fourth-order valence-electron chi connectivity index (χ4n) is 0.554. The number of hydrogen-bond donors (Lipinski definition) is 0. The van der Waals surface area contributed by atoms with Crippen LogP contribution in [0.1, 0.15) is 0 Å². The Morgan fingerprint density at radius 2 is 1.50 bits per heavy atom. The quantitative estimate of drug-likeness (QED) is 0.646. The Morgan fingerprint density at radius 3 is 1.90 bits per heavy atom. The molecule has 0 spiro atoms. The maximum atomic E-state index is 5.78. The van der Waals surface area contributed by atoms with Gasteiger partial charge in [0.15, 0.2) is 0 Å². The van der Waals surface area contributed by atoms with Gasteiger partial charge in [-0.2, -0.15) is 0 Å². The molecule has 0 aromatic heterocycles. The summed E-state index contributed by atoms with van der Waals surface area (Å²) >= 11 is 3.43. The monoisotopic (exact) mass is 390 g/mol. The molecule has 0 aliphatic rings. The predicted molar refractivity (Wildman–Crippen MR) is 48.5 cm³/mol. The average molecular weight is 391 g/mol. The second-order valence-electron chi connectivity index (χ2n) is 1.71. The molecule has 10 heavy (non-hydrogen) atoms. The third-order valence-electron chi connectivity index (χ3n) is 1.02. The molecule has 1 aromatic carbocycles. The van der Waals surface area contributed by atoms with E-state index in [1.54, 1.807) is 0 Å². The average Bonchev–Trinajstić information content (AvgIpc) is 1.88. The predicted octanol–water partition coefficient (Wildman–Crippen LogP) is 2.51. The van der Waals surface area contributed by atoms with Crippen LogP contribution >= 0.6 is 28.6 Å². The minimum atomic E-state index is -2.22. The van der Waals surface area contributed by atoms with Gasteiger partial charge in [-0.05, 0) is 0 Å². The fraction of sp³-hybridized carbons (Fsp3) is 0. The van der Waals surface area contributed by atoms with Crippen LogP contribution in [0.5, 0.6) is 0 Å². The number of halogens is 3. The molecule has 0 N–H and O–H groups in total. The fourth-order valence-corrected chi connectivity index (χ4v) is 4.11.